The van der Waals surface area contributed by atoms with Crippen molar-refractivity contribution in [1.29, 1.82) is 0 Å². The number of benzene rings is 1. The van der Waals surface area contributed by atoms with E-state index in [2.05, 4.69) is 4.90 Å². The van der Waals surface area contributed by atoms with Crippen LogP contribution in [0.1, 0.15) is 25.3 Å². The summed E-state index contributed by atoms with van der Waals surface area (Å²) < 4.78 is 13.2. The van der Waals surface area contributed by atoms with Crippen molar-refractivity contribution in [3.63, 3.8) is 0 Å². The number of hydrogen-bond donors (Lipinski definition) is 0. The van der Waals surface area contributed by atoms with Gasteiger partial charge < -0.3 is 4.90 Å². The van der Waals surface area contributed by atoms with Crippen LogP contribution in [0.3, 0.4) is 0 Å². The zero-order chi connectivity index (χ0) is 14.3. The molecule has 3 rings (SSSR count). The zero-order valence-corrected chi connectivity index (χ0v) is 12.2. The SMILES string of the molecule is C[C@H]1C(=O)N2CCC[C@H]2CN1Cc1ccc(F)c(Cl)c1. The second-order valence-electron chi connectivity index (χ2n) is 5.68. The molecule has 0 aromatic heterocycles. The second-order valence-corrected chi connectivity index (χ2v) is 6.09. The van der Waals surface area contributed by atoms with Crippen LogP contribution in [-0.4, -0.2) is 40.9 Å². The van der Waals surface area contributed by atoms with Crippen molar-refractivity contribution < 1.29 is 9.18 Å². The molecule has 0 aliphatic carbocycles. The molecule has 20 heavy (non-hydrogen) atoms. The van der Waals surface area contributed by atoms with Crippen LogP contribution < -0.4 is 0 Å². The summed E-state index contributed by atoms with van der Waals surface area (Å²) in [6.45, 7) is 4.37. The summed E-state index contributed by atoms with van der Waals surface area (Å²) >= 11 is 5.82. The highest BCUT2D eigenvalue weighted by Gasteiger charge is 2.39. The molecule has 0 unspecified atom stereocenters. The van der Waals surface area contributed by atoms with E-state index < -0.39 is 5.82 Å². The first-order chi connectivity index (χ1) is 9.56. The predicted molar refractivity (Wildman–Crippen MR) is 76.0 cm³/mol. The van der Waals surface area contributed by atoms with Gasteiger partial charge in [-0.25, -0.2) is 4.39 Å². The Balaban J connectivity index is 1.76. The molecule has 1 amide bonds. The highest BCUT2D eigenvalue weighted by molar-refractivity contribution is 6.30. The van der Waals surface area contributed by atoms with Gasteiger partial charge in [-0.1, -0.05) is 17.7 Å². The summed E-state index contributed by atoms with van der Waals surface area (Å²) in [5.74, 6) is -0.188. The third-order valence-corrected chi connectivity index (χ3v) is 4.67. The van der Waals surface area contributed by atoms with Gasteiger partial charge in [0.05, 0.1) is 11.1 Å². The van der Waals surface area contributed by atoms with Crippen LogP contribution >= 0.6 is 11.6 Å². The first-order valence-corrected chi connectivity index (χ1v) is 7.42. The van der Waals surface area contributed by atoms with Crippen molar-refractivity contribution in [2.45, 2.75) is 38.4 Å². The Hall–Kier alpha value is -1.13. The molecule has 0 radical (unpaired) electrons. The molecule has 2 atom stereocenters. The van der Waals surface area contributed by atoms with Gasteiger partial charge in [-0.2, -0.15) is 0 Å². The van der Waals surface area contributed by atoms with Crippen LogP contribution in [-0.2, 0) is 11.3 Å². The van der Waals surface area contributed by atoms with Crippen molar-refractivity contribution in [3.05, 3.63) is 34.6 Å². The number of hydrogen-bond acceptors (Lipinski definition) is 2. The van der Waals surface area contributed by atoms with E-state index in [-0.39, 0.29) is 17.0 Å². The Bertz CT molecular complexity index is 537. The quantitative estimate of drug-likeness (QED) is 0.838. The maximum absolute atomic E-state index is 13.2. The van der Waals surface area contributed by atoms with E-state index >= 15 is 0 Å². The van der Waals surface area contributed by atoms with Gasteiger partial charge in [0.1, 0.15) is 5.82 Å². The third kappa shape index (κ3) is 2.42. The molecule has 2 heterocycles. The average molecular weight is 297 g/mol. The largest absolute Gasteiger partial charge is 0.337 e. The van der Waals surface area contributed by atoms with E-state index in [1.54, 1.807) is 12.1 Å². The molecule has 2 aliphatic rings. The molecule has 5 heteroatoms. The van der Waals surface area contributed by atoms with Gasteiger partial charge in [0.2, 0.25) is 5.91 Å². The van der Waals surface area contributed by atoms with E-state index in [1.807, 2.05) is 11.8 Å². The van der Waals surface area contributed by atoms with Gasteiger partial charge in [0.25, 0.3) is 0 Å². The topological polar surface area (TPSA) is 23.6 Å². The molecule has 2 saturated heterocycles. The molecule has 2 aliphatic heterocycles. The smallest absolute Gasteiger partial charge is 0.239 e. The molecule has 3 nitrogen and oxygen atoms in total. The second kappa shape index (κ2) is 5.34. The number of carbonyl (C=O) groups is 1. The van der Waals surface area contributed by atoms with E-state index in [4.69, 9.17) is 11.6 Å². The average Bonchev–Trinajstić information content (AvgIpc) is 2.88. The van der Waals surface area contributed by atoms with Crippen LogP contribution in [0.25, 0.3) is 0 Å². The van der Waals surface area contributed by atoms with Crippen molar-refractivity contribution in [1.82, 2.24) is 9.80 Å². The Morgan fingerprint density at radius 1 is 1.45 bits per heavy atom. The molecule has 0 spiro atoms. The van der Waals surface area contributed by atoms with Crippen LogP contribution in [0, 0.1) is 5.82 Å². The van der Waals surface area contributed by atoms with Gasteiger partial charge in [-0.3, -0.25) is 9.69 Å². The minimum absolute atomic E-state index is 0.117. The van der Waals surface area contributed by atoms with Gasteiger partial charge in [0, 0.05) is 25.7 Å². The Labute approximate surface area is 123 Å². The molecule has 1 aromatic carbocycles. The molecular weight excluding hydrogens is 279 g/mol. The van der Waals surface area contributed by atoms with Crippen molar-refractivity contribution in [2.75, 3.05) is 13.1 Å². The number of fused-ring (bicyclic) bond motifs is 1. The van der Waals surface area contributed by atoms with E-state index in [0.717, 1.165) is 31.5 Å². The predicted octanol–water partition coefficient (Wildman–Crippen LogP) is 2.67. The zero-order valence-electron chi connectivity index (χ0n) is 11.5. The van der Waals surface area contributed by atoms with E-state index in [0.29, 0.717) is 12.6 Å². The Morgan fingerprint density at radius 2 is 2.25 bits per heavy atom. The highest BCUT2D eigenvalue weighted by atomic mass is 35.5. The van der Waals surface area contributed by atoms with E-state index in [1.165, 1.54) is 6.07 Å². The molecule has 0 saturated carbocycles. The van der Waals surface area contributed by atoms with Gasteiger partial charge in [-0.05, 0) is 37.5 Å². The minimum Gasteiger partial charge on any atom is -0.337 e. The first-order valence-electron chi connectivity index (χ1n) is 7.04. The normalized spacial score (nSPS) is 26.9. The lowest BCUT2D eigenvalue weighted by molar-refractivity contribution is -0.143. The number of rotatable bonds is 2. The summed E-state index contributed by atoms with van der Waals surface area (Å²) in [5.41, 5.74) is 0.947. The van der Waals surface area contributed by atoms with Gasteiger partial charge in [-0.15, -0.1) is 0 Å². The summed E-state index contributed by atoms with van der Waals surface area (Å²) in [4.78, 5) is 16.5. The Morgan fingerprint density at radius 3 is 3.00 bits per heavy atom. The number of amides is 1. The van der Waals surface area contributed by atoms with Crippen LogP contribution in [0.4, 0.5) is 4.39 Å². The molecule has 1 aromatic rings. The molecule has 0 N–H and O–H groups in total. The summed E-state index contributed by atoms with van der Waals surface area (Å²) in [5, 5.41) is 0.140. The number of nitrogens with zero attached hydrogens (tertiary/aromatic N) is 2. The van der Waals surface area contributed by atoms with Gasteiger partial charge >= 0.3 is 0 Å². The van der Waals surface area contributed by atoms with Crippen molar-refractivity contribution in [3.8, 4) is 0 Å². The third-order valence-electron chi connectivity index (χ3n) is 4.38. The lowest BCUT2D eigenvalue weighted by Crippen LogP contribution is -2.58. The Kier molecular flexibility index (Phi) is 3.69. The fourth-order valence-electron chi connectivity index (χ4n) is 3.21. The van der Waals surface area contributed by atoms with Crippen LogP contribution in [0.2, 0.25) is 5.02 Å². The lowest BCUT2D eigenvalue weighted by atomic mass is 10.1. The van der Waals surface area contributed by atoms with Crippen molar-refractivity contribution >= 4 is 17.5 Å². The number of carbonyl (C=O) groups excluding carboxylic acids is 1. The fraction of sp³-hybridized carbons (Fsp3) is 0.533. The van der Waals surface area contributed by atoms with Gasteiger partial charge in [0.15, 0.2) is 0 Å². The summed E-state index contributed by atoms with van der Waals surface area (Å²) in [7, 11) is 0. The molecule has 0 bridgehead atoms. The monoisotopic (exact) mass is 296 g/mol. The number of halogens is 2. The lowest BCUT2D eigenvalue weighted by Gasteiger charge is -2.41. The number of piperazine rings is 1. The van der Waals surface area contributed by atoms with Crippen LogP contribution in [0.15, 0.2) is 18.2 Å². The fourth-order valence-corrected chi connectivity index (χ4v) is 3.42. The van der Waals surface area contributed by atoms with E-state index in [9.17, 15) is 9.18 Å². The molecular formula is C15H18ClFN2O. The maximum atomic E-state index is 13.2. The molecule has 108 valence electrons. The maximum Gasteiger partial charge on any atom is 0.239 e. The standard InChI is InChI=1S/C15H18ClFN2O/c1-10-15(20)19-6-2-3-12(19)9-18(10)8-11-4-5-14(17)13(16)7-11/h4-5,7,10,12H,2-3,6,8-9H2,1H3/t10-,12-/m0/s1. The van der Waals surface area contributed by atoms with Crippen LogP contribution in [0.5, 0.6) is 0 Å². The summed E-state index contributed by atoms with van der Waals surface area (Å²) in [6, 6.07) is 4.99. The first kappa shape index (κ1) is 13.8. The highest BCUT2D eigenvalue weighted by Crippen LogP contribution is 2.27. The minimum atomic E-state index is -0.403. The van der Waals surface area contributed by atoms with Crippen molar-refractivity contribution in [2.24, 2.45) is 0 Å². The molecule has 2 fully saturated rings. The summed E-state index contributed by atoms with van der Waals surface area (Å²) in [6.07, 6.45) is 2.18.